The normalized spacial score (nSPS) is 11.6. The van der Waals surface area contributed by atoms with Gasteiger partial charge in [-0.1, -0.05) is 23.8 Å². The van der Waals surface area contributed by atoms with Crippen molar-refractivity contribution in [2.75, 3.05) is 0 Å². The predicted octanol–water partition coefficient (Wildman–Crippen LogP) is 3.47. The van der Waals surface area contributed by atoms with Crippen LogP contribution in [-0.2, 0) is 0 Å². The molecule has 19 heavy (non-hydrogen) atoms. The average Bonchev–Trinajstić information content (AvgIpc) is 2.78. The van der Waals surface area contributed by atoms with Crippen molar-refractivity contribution in [2.24, 2.45) is 0 Å². The van der Waals surface area contributed by atoms with Crippen molar-refractivity contribution in [1.82, 2.24) is 9.97 Å². The van der Waals surface area contributed by atoms with Gasteiger partial charge in [0.15, 0.2) is 0 Å². The summed E-state index contributed by atoms with van der Waals surface area (Å²) in [6, 6.07) is 13.8. The molecule has 0 fully saturated rings. The van der Waals surface area contributed by atoms with Crippen molar-refractivity contribution < 1.29 is 0 Å². The number of para-hydroxylation sites is 1. The van der Waals surface area contributed by atoms with Crippen LogP contribution in [0, 0.1) is 6.92 Å². The van der Waals surface area contributed by atoms with Gasteiger partial charge in [-0.2, -0.15) is 0 Å². The third kappa shape index (κ3) is 1.35. The molecule has 4 aromatic rings. The number of hydrogen-bond acceptors (Lipinski definition) is 1. The molecule has 0 bridgehead atoms. The first kappa shape index (κ1) is 10.4. The topological polar surface area (TPSA) is 48.6 Å². The number of H-pyrrole nitrogens is 2. The Kier molecular flexibility index (Phi) is 1.90. The van der Waals surface area contributed by atoms with Crippen LogP contribution in [0.4, 0.5) is 0 Å². The largest absolute Gasteiger partial charge is 0.353 e. The Labute approximate surface area is 108 Å². The molecule has 0 unspecified atom stereocenters. The molecule has 0 amide bonds. The lowest BCUT2D eigenvalue weighted by molar-refractivity contribution is 1.46. The molecular formula is C16H12N2O. The van der Waals surface area contributed by atoms with Crippen molar-refractivity contribution in [3.8, 4) is 0 Å². The Bertz CT molecular complexity index is 992. The lowest BCUT2D eigenvalue weighted by Gasteiger charge is -1.98. The highest BCUT2D eigenvalue weighted by Gasteiger charge is 2.10. The molecule has 3 heteroatoms. The van der Waals surface area contributed by atoms with Gasteiger partial charge >= 0.3 is 0 Å². The molecule has 2 N–H and O–H groups in total. The second-order valence-electron chi connectivity index (χ2n) is 4.92. The third-order valence-electron chi connectivity index (χ3n) is 3.61. The van der Waals surface area contributed by atoms with Gasteiger partial charge in [-0.15, -0.1) is 0 Å². The molecule has 0 aliphatic heterocycles. The predicted molar refractivity (Wildman–Crippen MR) is 78.7 cm³/mol. The number of rotatable bonds is 0. The van der Waals surface area contributed by atoms with E-state index in [-0.39, 0.29) is 5.43 Å². The molecule has 2 aromatic heterocycles. The zero-order valence-electron chi connectivity index (χ0n) is 10.4. The van der Waals surface area contributed by atoms with Gasteiger partial charge in [-0.3, -0.25) is 4.79 Å². The molecule has 0 spiro atoms. The molecule has 0 aliphatic carbocycles. The maximum atomic E-state index is 12.5. The van der Waals surface area contributed by atoms with Crippen molar-refractivity contribution in [3.05, 3.63) is 58.3 Å². The Morgan fingerprint density at radius 3 is 2.47 bits per heavy atom. The molecule has 2 aromatic carbocycles. The van der Waals surface area contributed by atoms with E-state index in [1.807, 2.05) is 36.4 Å². The molecule has 0 saturated carbocycles. The lowest BCUT2D eigenvalue weighted by Crippen LogP contribution is -2.03. The summed E-state index contributed by atoms with van der Waals surface area (Å²) in [4.78, 5) is 19.1. The number of aryl methyl sites for hydroxylation is 1. The maximum absolute atomic E-state index is 12.5. The van der Waals surface area contributed by atoms with Crippen molar-refractivity contribution in [3.63, 3.8) is 0 Å². The maximum Gasteiger partial charge on any atom is 0.213 e. The van der Waals surface area contributed by atoms with Gasteiger partial charge in [-0.05, 0) is 31.2 Å². The minimum absolute atomic E-state index is 0.0539. The van der Waals surface area contributed by atoms with Crippen molar-refractivity contribution in [1.29, 1.82) is 0 Å². The molecule has 2 heterocycles. The highest BCUT2D eigenvalue weighted by atomic mass is 16.1. The number of nitrogens with one attached hydrogen (secondary N) is 2. The van der Waals surface area contributed by atoms with Crippen LogP contribution < -0.4 is 5.43 Å². The van der Waals surface area contributed by atoms with Crippen molar-refractivity contribution >= 4 is 32.8 Å². The highest BCUT2D eigenvalue weighted by molar-refractivity contribution is 6.08. The van der Waals surface area contributed by atoms with Gasteiger partial charge in [0, 0.05) is 21.8 Å². The molecule has 0 aliphatic rings. The van der Waals surface area contributed by atoms with Gasteiger partial charge in [0.1, 0.15) is 5.52 Å². The second kappa shape index (κ2) is 3.48. The summed E-state index contributed by atoms with van der Waals surface area (Å²) in [6.45, 7) is 2.05. The Morgan fingerprint density at radius 1 is 0.842 bits per heavy atom. The zero-order valence-corrected chi connectivity index (χ0v) is 10.4. The summed E-state index contributed by atoms with van der Waals surface area (Å²) in [5.74, 6) is 0. The van der Waals surface area contributed by atoms with Crippen LogP contribution in [0.3, 0.4) is 0 Å². The van der Waals surface area contributed by atoms with Crippen LogP contribution in [0.5, 0.6) is 0 Å². The first-order valence-corrected chi connectivity index (χ1v) is 6.27. The molecule has 0 atom stereocenters. The van der Waals surface area contributed by atoms with Gasteiger partial charge in [0.25, 0.3) is 0 Å². The lowest BCUT2D eigenvalue weighted by atomic mass is 10.1. The Hall–Kier alpha value is -2.55. The third-order valence-corrected chi connectivity index (χ3v) is 3.61. The summed E-state index contributed by atoms with van der Waals surface area (Å²) >= 11 is 0. The number of aromatic amines is 2. The number of fused-ring (bicyclic) bond motifs is 4. The fourth-order valence-corrected chi connectivity index (χ4v) is 2.67. The van der Waals surface area contributed by atoms with E-state index in [4.69, 9.17) is 0 Å². The van der Waals surface area contributed by atoms with Crippen molar-refractivity contribution in [2.45, 2.75) is 6.92 Å². The first-order valence-electron chi connectivity index (χ1n) is 6.27. The van der Waals surface area contributed by atoms with Crippen LogP contribution in [0.15, 0.2) is 47.3 Å². The van der Waals surface area contributed by atoms with Crippen LogP contribution in [0.2, 0.25) is 0 Å². The highest BCUT2D eigenvalue weighted by Crippen LogP contribution is 2.24. The average molecular weight is 248 g/mol. The monoisotopic (exact) mass is 248 g/mol. The second-order valence-corrected chi connectivity index (χ2v) is 4.92. The van der Waals surface area contributed by atoms with E-state index in [1.165, 1.54) is 5.56 Å². The zero-order chi connectivity index (χ0) is 13.0. The number of aromatic nitrogens is 2. The van der Waals surface area contributed by atoms with E-state index in [0.29, 0.717) is 5.52 Å². The minimum atomic E-state index is 0.0539. The van der Waals surface area contributed by atoms with E-state index < -0.39 is 0 Å². The quantitative estimate of drug-likeness (QED) is 0.492. The number of pyridine rings is 1. The van der Waals surface area contributed by atoms with Crippen LogP contribution in [0.25, 0.3) is 32.8 Å². The van der Waals surface area contributed by atoms with E-state index in [0.717, 1.165) is 27.3 Å². The van der Waals surface area contributed by atoms with Gasteiger partial charge in [0.2, 0.25) is 5.43 Å². The van der Waals surface area contributed by atoms with Gasteiger partial charge < -0.3 is 9.97 Å². The number of hydrogen-bond donors (Lipinski definition) is 2. The Morgan fingerprint density at radius 2 is 1.58 bits per heavy atom. The van der Waals surface area contributed by atoms with E-state index in [2.05, 4.69) is 23.0 Å². The summed E-state index contributed by atoms with van der Waals surface area (Å²) in [6.07, 6.45) is 0. The van der Waals surface area contributed by atoms with E-state index in [9.17, 15) is 4.79 Å². The van der Waals surface area contributed by atoms with E-state index in [1.54, 1.807) is 0 Å². The molecule has 3 nitrogen and oxygen atoms in total. The van der Waals surface area contributed by atoms with Gasteiger partial charge in [-0.25, -0.2) is 0 Å². The summed E-state index contributed by atoms with van der Waals surface area (Å²) in [7, 11) is 0. The summed E-state index contributed by atoms with van der Waals surface area (Å²) in [5.41, 5.74) is 4.65. The molecule has 4 rings (SSSR count). The van der Waals surface area contributed by atoms with E-state index >= 15 is 0 Å². The summed E-state index contributed by atoms with van der Waals surface area (Å²) in [5, 5.41) is 1.79. The molecule has 0 radical (unpaired) electrons. The molecule has 92 valence electrons. The fraction of sp³-hybridized carbons (Fsp3) is 0.0625. The number of benzene rings is 2. The Balaban J connectivity index is 2.34. The molecular weight excluding hydrogens is 236 g/mol. The SMILES string of the molecule is Cc1ccc2[nH]c3c(=O)c4ccccc4[nH]c3c2c1. The minimum Gasteiger partial charge on any atom is -0.353 e. The first-order chi connectivity index (χ1) is 9.24. The van der Waals surface area contributed by atoms with Gasteiger partial charge in [0.05, 0.1) is 5.52 Å². The van der Waals surface area contributed by atoms with Crippen LogP contribution in [-0.4, -0.2) is 9.97 Å². The van der Waals surface area contributed by atoms with Crippen LogP contribution >= 0.6 is 0 Å². The fourth-order valence-electron chi connectivity index (χ4n) is 2.67. The summed E-state index contributed by atoms with van der Waals surface area (Å²) < 4.78 is 0. The van der Waals surface area contributed by atoms with Crippen LogP contribution in [0.1, 0.15) is 5.56 Å². The standard InChI is InChI=1S/C16H12N2O/c1-9-6-7-13-11(8-9)14-15(18-13)16(19)10-4-2-3-5-12(10)17-14/h2-8,18H,1H3,(H,17,19). The molecule has 0 saturated heterocycles. The smallest absolute Gasteiger partial charge is 0.213 e.